The summed E-state index contributed by atoms with van der Waals surface area (Å²) in [4.78, 5) is 19.8. The molecule has 2 fully saturated rings. The molecule has 1 saturated carbocycles. The van der Waals surface area contributed by atoms with Crippen LogP contribution in [0.5, 0.6) is 0 Å². The first-order chi connectivity index (χ1) is 14.1. The maximum Gasteiger partial charge on any atom is 0.257 e. The smallest absolute Gasteiger partial charge is 0.257 e. The third kappa shape index (κ3) is 2.47. The minimum atomic E-state index is -0.291. The van der Waals surface area contributed by atoms with Gasteiger partial charge < -0.3 is 9.64 Å². The molecule has 7 heteroatoms. The largest absolute Gasteiger partial charge is 0.381 e. The number of aryl methyl sites for hydroxylation is 1. The summed E-state index contributed by atoms with van der Waals surface area (Å²) in [6.07, 6.45) is 3.66. The molecule has 4 heterocycles. The first-order valence-electron chi connectivity index (χ1n) is 9.78. The Labute approximate surface area is 166 Å². The number of pyridine rings is 1. The highest BCUT2D eigenvalue weighted by Gasteiger charge is 2.59. The summed E-state index contributed by atoms with van der Waals surface area (Å²) in [5.41, 5.74) is 4.69. The molecule has 0 spiro atoms. The van der Waals surface area contributed by atoms with Crippen molar-refractivity contribution in [2.24, 2.45) is 18.9 Å². The summed E-state index contributed by atoms with van der Waals surface area (Å²) in [6.45, 7) is 2.03. The van der Waals surface area contributed by atoms with Crippen LogP contribution in [0.1, 0.15) is 16.1 Å². The van der Waals surface area contributed by atoms with Gasteiger partial charge in [-0.05, 0) is 30.3 Å². The predicted molar refractivity (Wildman–Crippen MR) is 103 cm³/mol. The zero-order chi connectivity index (χ0) is 19.7. The molecular weight excluding hydrogens is 371 g/mol. The Bertz CT molecular complexity index is 1130. The van der Waals surface area contributed by atoms with Crippen molar-refractivity contribution >= 4 is 5.91 Å². The molecular formula is C22H19FN4O2. The zero-order valence-electron chi connectivity index (χ0n) is 15.9. The van der Waals surface area contributed by atoms with Gasteiger partial charge in [0, 0.05) is 54.0 Å². The second-order valence-electron chi connectivity index (χ2n) is 8.04. The van der Waals surface area contributed by atoms with Crippen LogP contribution in [-0.2, 0) is 18.3 Å². The molecule has 3 atom stereocenters. The Morgan fingerprint density at radius 1 is 1.10 bits per heavy atom. The van der Waals surface area contributed by atoms with Gasteiger partial charge in [-0.3, -0.25) is 14.5 Å². The molecule has 0 radical (unpaired) electrons. The molecule has 0 bridgehead atoms. The third-order valence-corrected chi connectivity index (χ3v) is 6.33. The van der Waals surface area contributed by atoms with Crippen molar-refractivity contribution in [2.45, 2.75) is 12.6 Å². The molecule has 1 unspecified atom stereocenters. The molecule has 6 nitrogen and oxygen atoms in total. The van der Waals surface area contributed by atoms with Crippen molar-refractivity contribution < 1.29 is 13.9 Å². The van der Waals surface area contributed by atoms with Crippen molar-refractivity contribution in [1.29, 1.82) is 0 Å². The molecule has 1 aromatic carbocycles. The van der Waals surface area contributed by atoms with Gasteiger partial charge in [-0.25, -0.2) is 4.39 Å². The van der Waals surface area contributed by atoms with Gasteiger partial charge in [-0.15, -0.1) is 0 Å². The van der Waals surface area contributed by atoms with Crippen LogP contribution in [0, 0.1) is 17.7 Å². The topological polar surface area (TPSA) is 60.2 Å². The Balaban J connectivity index is 1.43. The second-order valence-corrected chi connectivity index (χ2v) is 8.04. The average molecular weight is 390 g/mol. The highest BCUT2D eigenvalue weighted by molar-refractivity contribution is 6.05. The van der Waals surface area contributed by atoms with E-state index in [4.69, 9.17) is 4.74 Å². The number of hydrogen-bond acceptors (Lipinski definition) is 4. The fraction of sp³-hybridized carbons (Fsp3) is 0.318. The van der Waals surface area contributed by atoms with E-state index < -0.39 is 0 Å². The number of aromatic nitrogens is 3. The minimum Gasteiger partial charge on any atom is -0.381 e. The molecule has 3 aliphatic rings. The number of amides is 1. The lowest BCUT2D eigenvalue weighted by Gasteiger charge is -2.18. The molecule has 1 amide bonds. The maximum atomic E-state index is 13.4. The minimum absolute atomic E-state index is 0.0383. The second kappa shape index (κ2) is 5.97. The molecule has 1 saturated heterocycles. The van der Waals surface area contributed by atoms with E-state index in [1.807, 2.05) is 24.2 Å². The normalized spacial score (nSPS) is 24.7. The van der Waals surface area contributed by atoms with Crippen molar-refractivity contribution in [1.82, 2.24) is 19.7 Å². The summed E-state index contributed by atoms with van der Waals surface area (Å²) in [5, 5.41) is 4.58. The van der Waals surface area contributed by atoms with Crippen LogP contribution in [0.25, 0.3) is 22.4 Å². The van der Waals surface area contributed by atoms with E-state index in [0.717, 1.165) is 41.3 Å². The fourth-order valence-corrected chi connectivity index (χ4v) is 4.88. The SMILES string of the molecule is Cn1cc(-c2ccnc3c2C(=O)N(C2[C@H]4COC[C@@H]24)C3)c(-c2ccc(F)cc2)n1. The van der Waals surface area contributed by atoms with E-state index in [0.29, 0.717) is 23.9 Å². The van der Waals surface area contributed by atoms with E-state index in [1.54, 1.807) is 23.0 Å². The highest BCUT2D eigenvalue weighted by atomic mass is 19.1. The molecule has 29 heavy (non-hydrogen) atoms. The number of nitrogens with zero attached hydrogens (tertiary/aromatic N) is 4. The van der Waals surface area contributed by atoms with Gasteiger partial charge in [0.25, 0.3) is 5.91 Å². The summed E-state index contributed by atoms with van der Waals surface area (Å²) in [5.74, 6) is 0.673. The molecule has 146 valence electrons. The number of benzene rings is 1. The van der Waals surface area contributed by atoms with E-state index >= 15 is 0 Å². The van der Waals surface area contributed by atoms with Gasteiger partial charge in [-0.1, -0.05) is 0 Å². The summed E-state index contributed by atoms with van der Waals surface area (Å²) < 4.78 is 20.6. The standard InChI is InChI=1S/C22H19FN4O2/c1-26-8-15(20(25-26)12-2-4-13(23)5-3-12)14-6-7-24-18-9-27(22(28)19(14)18)21-16-10-29-11-17(16)21/h2-8,16-17,21H,9-11H2,1H3/t16-,17+,21?. The van der Waals surface area contributed by atoms with Gasteiger partial charge in [0.05, 0.1) is 31.0 Å². The Kier molecular flexibility index (Phi) is 3.47. The predicted octanol–water partition coefficient (Wildman–Crippen LogP) is 2.89. The first kappa shape index (κ1) is 16.9. The quantitative estimate of drug-likeness (QED) is 0.690. The van der Waals surface area contributed by atoms with E-state index in [1.165, 1.54) is 12.1 Å². The Morgan fingerprint density at radius 3 is 2.62 bits per heavy atom. The molecule has 6 rings (SSSR count). The lowest BCUT2D eigenvalue weighted by atomic mass is 9.97. The van der Waals surface area contributed by atoms with E-state index in [-0.39, 0.29) is 17.8 Å². The number of carbonyl (C=O) groups is 1. The van der Waals surface area contributed by atoms with Crippen LogP contribution in [0.15, 0.2) is 42.7 Å². The monoisotopic (exact) mass is 390 g/mol. The fourth-order valence-electron chi connectivity index (χ4n) is 4.88. The zero-order valence-corrected chi connectivity index (χ0v) is 15.9. The van der Waals surface area contributed by atoms with Crippen molar-refractivity contribution in [3.8, 4) is 22.4 Å². The van der Waals surface area contributed by atoms with Crippen LogP contribution in [0.3, 0.4) is 0 Å². The average Bonchev–Trinajstić information content (AvgIpc) is 3.10. The maximum absolute atomic E-state index is 13.4. The number of fused-ring (bicyclic) bond motifs is 2. The van der Waals surface area contributed by atoms with Gasteiger partial charge in [0.1, 0.15) is 11.5 Å². The molecule has 0 N–H and O–H groups in total. The lowest BCUT2D eigenvalue weighted by Crippen LogP contribution is -2.30. The molecule has 3 aromatic rings. The first-order valence-corrected chi connectivity index (χ1v) is 9.78. The molecule has 1 aliphatic carbocycles. The van der Waals surface area contributed by atoms with Crippen molar-refractivity contribution in [3.63, 3.8) is 0 Å². The molecule has 2 aliphatic heterocycles. The number of ether oxygens (including phenoxy) is 1. The van der Waals surface area contributed by atoms with Crippen LogP contribution in [0.2, 0.25) is 0 Å². The van der Waals surface area contributed by atoms with Crippen LogP contribution < -0.4 is 0 Å². The van der Waals surface area contributed by atoms with Gasteiger partial charge in [0.2, 0.25) is 0 Å². The van der Waals surface area contributed by atoms with Crippen molar-refractivity contribution in [2.75, 3.05) is 13.2 Å². The number of halogens is 1. The Morgan fingerprint density at radius 2 is 1.86 bits per heavy atom. The van der Waals surface area contributed by atoms with E-state index in [2.05, 4.69) is 10.1 Å². The Hall–Kier alpha value is -3.06. The number of carbonyl (C=O) groups excluding carboxylic acids is 1. The van der Waals surface area contributed by atoms with Gasteiger partial charge in [-0.2, -0.15) is 5.10 Å². The third-order valence-electron chi connectivity index (χ3n) is 6.33. The van der Waals surface area contributed by atoms with Crippen LogP contribution in [0.4, 0.5) is 4.39 Å². The van der Waals surface area contributed by atoms with Gasteiger partial charge >= 0.3 is 0 Å². The van der Waals surface area contributed by atoms with E-state index in [9.17, 15) is 9.18 Å². The molecule has 2 aromatic heterocycles. The number of hydrogen-bond donors (Lipinski definition) is 0. The lowest BCUT2D eigenvalue weighted by molar-refractivity contribution is 0.0687. The van der Waals surface area contributed by atoms with Gasteiger partial charge in [0.15, 0.2) is 0 Å². The summed E-state index contributed by atoms with van der Waals surface area (Å²) in [6, 6.07) is 8.41. The van der Waals surface area contributed by atoms with Crippen LogP contribution in [-0.4, -0.2) is 44.8 Å². The number of rotatable bonds is 3. The highest BCUT2D eigenvalue weighted by Crippen LogP contribution is 2.50. The summed E-state index contributed by atoms with van der Waals surface area (Å²) >= 11 is 0. The summed E-state index contributed by atoms with van der Waals surface area (Å²) in [7, 11) is 1.84. The van der Waals surface area contributed by atoms with Crippen LogP contribution >= 0.6 is 0 Å². The van der Waals surface area contributed by atoms with Crippen molar-refractivity contribution in [3.05, 3.63) is 59.8 Å².